The third kappa shape index (κ3) is 3.15. The Hall–Kier alpha value is -2.25. The number of benzene rings is 4. The lowest BCUT2D eigenvalue weighted by Gasteiger charge is -2.18. The SMILES string of the molecule is Cc1ccc2c(Sc3c(C)c(C)cc4cc(C)ccc34)c(C)c(C)cc2c1. The summed E-state index contributed by atoms with van der Waals surface area (Å²) >= 11 is 1.94. The summed E-state index contributed by atoms with van der Waals surface area (Å²) < 4.78 is 0. The molecular weight excluding hydrogens is 344 g/mol. The Balaban J connectivity index is 2.00. The van der Waals surface area contributed by atoms with Gasteiger partial charge in [0, 0.05) is 9.79 Å². The fourth-order valence-corrected chi connectivity index (χ4v) is 5.25. The summed E-state index contributed by atoms with van der Waals surface area (Å²) in [5.41, 5.74) is 8.13. The molecule has 0 amide bonds. The molecule has 0 N–H and O–H groups in total. The number of rotatable bonds is 2. The number of fused-ring (bicyclic) bond motifs is 2. The van der Waals surface area contributed by atoms with Gasteiger partial charge in [0.05, 0.1) is 0 Å². The van der Waals surface area contributed by atoms with Crippen molar-refractivity contribution in [3.8, 4) is 0 Å². The van der Waals surface area contributed by atoms with Gasteiger partial charge in [0.15, 0.2) is 0 Å². The molecule has 1 heteroatoms. The Bertz CT molecular complexity index is 1100. The van der Waals surface area contributed by atoms with Crippen LogP contribution in [-0.2, 0) is 0 Å². The lowest BCUT2D eigenvalue weighted by atomic mass is 10.0. The number of hydrogen-bond acceptors (Lipinski definition) is 1. The smallest absolute Gasteiger partial charge is 0.0233 e. The van der Waals surface area contributed by atoms with Crippen molar-refractivity contribution in [3.63, 3.8) is 0 Å². The molecule has 0 atom stereocenters. The van der Waals surface area contributed by atoms with Gasteiger partial charge >= 0.3 is 0 Å². The maximum atomic E-state index is 2.33. The molecule has 0 aromatic heterocycles. The van der Waals surface area contributed by atoms with Gasteiger partial charge < -0.3 is 0 Å². The molecule has 136 valence electrons. The van der Waals surface area contributed by atoms with Gasteiger partial charge in [0.2, 0.25) is 0 Å². The van der Waals surface area contributed by atoms with Crippen molar-refractivity contribution in [3.05, 3.63) is 81.9 Å². The maximum absolute atomic E-state index is 2.33. The van der Waals surface area contributed by atoms with E-state index in [4.69, 9.17) is 0 Å². The second kappa shape index (κ2) is 6.73. The molecule has 0 unspecified atom stereocenters. The Morgan fingerprint density at radius 1 is 0.519 bits per heavy atom. The summed E-state index contributed by atoms with van der Waals surface area (Å²) in [4.78, 5) is 2.78. The summed E-state index contributed by atoms with van der Waals surface area (Å²) in [7, 11) is 0. The molecule has 4 rings (SSSR count). The summed E-state index contributed by atoms with van der Waals surface area (Å²) in [6.07, 6.45) is 0. The third-order valence-corrected chi connectivity index (χ3v) is 7.18. The van der Waals surface area contributed by atoms with Crippen molar-refractivity contribution >= 4 is 33.3 Å². The van der Waals surface area contributed by atoms with Crippen LogP contribution in [-0.4, -0.2) is 0 Å². The molecule has 4 aromatic rings. The molecule has 0 spiro atoms. The standard InChI is InChI=1S/C26H26S/c1-15-7-9-23-21(11-15)13-17(3)19(5)25(23)27-26-20(6)18(4)14-22-12-16(2)8-10-24(22)26/h7-14H,1-6H3. The van der Waals surface area contributed by atoms with Crippen molar-refractivity contribution in [2.75, 3.05) is 0 Å². The van der Waals surface area contributed by atoms with Crippen molar-refractivity contribution in [1.82, 2.24) is 0 Å². The zero-order valence-electron chi connectivity index (χ0n) is 17.0. The van der Waals surface area contributed by atoms with Crippen LogP contribution in [0.5, 0.6) is 0 Å². The highest BCUT2D eigenvalue weighted by Crippen LogP contribution is 2.43. The van der Waals surface area contributed by atoms with E-state index >= 15 is 0 Å². The van der Waals surface area contributed by atoms with Crippen LogP contribution in [0.15, 0.2) is 58.3 Å². The van der Waals surface area contributed by atoms with Crippen molar-refractivity contribution in [1.29, 1.82) is 0 Å². The monoisotopic (exact) mass is 370 g/mol. The normalized spacial score (nSPS) is 11.5. The molecule has 0 radical (unpaired) electrons. The van der Waals surface area contributed by atoms with Gasteiger partial charge in [-0.05, 0) is 85.3 Å². The van der Waals surface area contributed by atoms with Gasteiger partial charge in [0.25, 0.3) is 0 Å². The lowest BCUT2D eigenvalue weighted by Crippen LogP contribution is -1.93. The van der Waals surface area contributed by atoms with Gasteiger partial charge in [-0.2, -0.15) is 0 Å². The zero-order chi connectivity index (χ0) is 19.3. The van der Waals surface area contributed by atoms with E-state index in [0.717, 1.165) is 0 Å². The van der Waals surface area contributed by atoms with E-state index in [9.17, 15) is 0 Å². The maximum Gasteiger partial charge on any atom is 0.0233 e. The molecule has 0 aliphatic carbocycles. The topological polar surface area (TPSA) is 0 Å². The number of aryl methyl sites for hydroxylation is 4. The van der Waals surface area contributed by atoms with E-state index in [2.05, 4.69) is 90.1 Å². The van der Waals surface area contributed by atoms with Crippen LogP contribution in [0.2, 0.25) is 0 Å². The van der Waals surface area contributed by atoms with E-state index < -0.39 is 0 Å². The Labute approximate surface area is 166 Å². The van der Waals surface area contributed by atoms with Gasteiger partial charge in [-0.25, -0.2) is 0 Å². The summed E-state index contributed by atoms with van der Waals surface area (Å²) in [5, 5.41) is 5.39. The fourth-order valence-electron chi connectivity index (χ4n) is 3.83. The predicted octanol–water partition coefficient (Wildman–Crippen LogP) is 7.99. The minimum Gasteiger partial charge on any atom is -0.0882 e. The largest absolute Gasteiger partial charge is 0.0882 e. The summed E-state index contributed by atoms with van der Waals surface area (Å²) in [6, 6.07) is 18.3. The van der Waals surface area contributed by atoms with E-state index in [1.165, 1.54) is 64.7 Å². The van der Waals surface area contributed by atoms with Crippen molar-refractivity contribution < 1.29 is 0 Å². The first-order valence-corrected chi connectivity index (χ1v) is 10.4. The molecular formula is C26H26S. The highest BCUT2D eigenvalue weighted by molar-refractivity contribution is 8.00. The second-order valence-electron chi connectivity index (χ2n) is 7.85. The molecule has 0 aliphatic heterocycles. The van der Waals surface area contributed by atoms with Gasteiger partial charge in [-0.3, -0.25) is 0 Å². The minimum atomic E-state index is 1.31. The first-order chi connectivity index (χ1) is 12.8. The Morgan fingerprint density at radius 2 is 0.926 bits per heavy atom. The first-order valence-electron chi connectivity index (χ1n) is 9.54. The average Bonchev–Trinajstić information content (AvgIpc) is 2.62. The zero-order valence-corrected chi connectivity index (χ0v) is 17.8. The summed E-state index contributed by atoms with van der Waals surface area (Å²) in [5.74, 6) is 0. The van der Waals surface area contributed by atoms with Crippen LogP contribution in [0, 0.1) is 41.5 Å². The third-order valence-electron chi connectivity index (χ3n) is 5.72. The molecule has 27 heavy (non-hydrogen) atoms. The van der Waals surface area contributed by atoms with Gasteiger partial charge in [0.1, 0.15) is 0 Å². The molecule has 0 aliphatic rings. The quantitative estimate of drug-likeness (QED) is 0.344. The average molecular weight is 371 g/mol. The van der Waals surface area contributed by atoms with E-state index in [1.807, 2.05) is 11.8 Å². The van der Waals surface area contributed by atoms with E-state index in [0.29, 0.717) is 0 Å². The van der Waals surface area contributed by atoms with Crippen LogP contribution in [0.1, 0.15) is 33.4 Å². The molecule has 4 aromatic carbocycles. The van der Waals surface area contributed by atoms with Gasteiger partial charge in [-0.1, -0.05) is 71.4 Å². The highest BCUT2D eigenvalue weighted by Gasteiger charge is 2.15. The van der Waals surface area contributed by atoms with Gasteiger partial charge in [-0.15, -0.1) is 0 Å². The summed E-state index contributed by atoms with van der Waals surface area (Å²) in [6.45, 7) is 13.3. The fraction of sp³-hybridized carbons (Fsp3) is 0.231. The van der Waals surface area contributed by atoms with E-state index in [1.54, 1.807) is 0 Å². The molecule has 0 nitrogen and oxygen atoms in total. The Morgan fingerprint density at radius 3 is 1.33 bits per heavy atom. The Kier molecular flexibility index (Phi) is 4.52. The van der Waals surface area contributed by atoms with Crippen molar-refractivity contribution in [2.24, 2.45) is 0 Å². The highest BCUT2D eigenvalue weighted by atomic mass is 32.2. The molecule has 0 saturated heterocycles. The van der Waals surface area contributed by atoms with Crippen LogP contribution in [0.4, 0.5) is 0 Å². The predicted molar refractivity (Wildman–Crippen MR) is 120 cm³/mol. The van der Waals surface area contributed by atoms with Crippen LogP contribution >= 0.6 is 11.8 Å². The molecule has 0 saturated carbocycles. The molecule has 0 bridgehead atoms. The van der Waals surface area contributed by atoms with Crippen LogP contribution < -0.4 is 0 Å². The van der Waals surface area contributed by atoms with Crippen molar-refractivity contribution in [2.45, 2.75) is 51.3 Å². The second-order valence-corrected chi connectivity index (χ2v) is 8.87. The minimum absolute atomic E-state index is 1.31. The van der Waals surface area contributed by atoms with Crippen LogP contribution in [0.3, 0.4) is 0 Å². The molecule has 0 heterocycles. The first kappa shape index (κ1) is 18.1. The lowest BCUT2D eigenvalue weighted by molar-refractivity contribution is 1.24. The molecule has 0 fully saturated rings. The van der Waals surface area contributed by atoms with Crippen LogP contribution in [0.25, 0.3) is 21.5 Å². The number of hydrogen-bond donors (Lipinski definition) is 0. The van der Waals surface area contributed by atoms with E-state index in [-0.39, 0.29) is 0 Å².